The van der Waals surface area contributed by atoms with Crippen LogP contribution in [0.3, 0.4) is 0 Å². The van der Waals surface area contributed by atoms with Gasteiger partial charge in [-0.3, -0.25) is 14.4 Å². The molecule has 0 aliphatic rings. The van der Waals surface area contributed by atoms with Gasteiger partial charge in [0.25, 0.3) is 5.56 Å². The zero-order valence-corrected chi connectivity index (χ0v) is 17.7. The number of amides is 2. The van der Waals surface area contributed by atoms with E-state index in [0.717, 1.165) is 12.2 Å². The summed E-state index contributed by atoms with van der Waals surface area (Å²) >= 11 is 2.93. The highest BCUT2D eigenvalue weighted by Crippen LogP contribution is 2.21. The number of nitrogens with zero attached hydrogens (tertiary/aromatic N) is 1. The van der Waals surface area contributed by atoms with Crippen LogP contribution in [0, 0.1) is 0 Å². The van der Waals surface area contributed by atoms with Crippen molar-refractivity contribution < 1.29 is 9.59 Å². The third-order valence-corrected chi connectivity index (χ3v) is 5.68. The molecular formula is C19H24N4O3S2. The fourth-order valence-corrected chi connectivity index (χ4v) is 3.86. The SMILES string of the molecule is CCCSCc1cc(=O)[nH]c(SC(C)C(=O)Nc2ccc(NC(C)=O)cc2)n1. The van der Waals surface area contributed by atoms with Crippen LogP contribution in [0.4, 0.5) is 11.4 Å². The molecule has 1 atom stereocenters. The second kappa shape index (κ2) is 10.9. The zero-order chi connectivity index (χ0) is 20.5. The summed E-state index contributed by atoms with van der Waals surface area (Å²) in [5.74, 6) is 1.33. The van der Waals surface area contributed by atoms with Gasteiger partial charge in [-0.2, -0.15) is 11.8 Å². The second-order valence-electron chi connectivity index (χ2n) is 6.10. The molecule has 2 amide bonds. The van der Waals surface area contributed by atoms with Crippen molar-refractivity contribution in [2.24, 2.45) is 0 Å². The summed E-state index contributed by atoms with van der Waals surface area (Å²) in [7, 11) is 0. The van der Waals surface area contributed by atoms with E-state index < -0.39 is 5.25 Å². The molecule has 1 unspecified atom stereocenters. The molecule has 0 aliphatic carbocycles. The van der Waals surface area contributed by atoms with Crippen LogP contribution in [0.2, 0.25) is 0 Å². The molecule has 1 heterocycles. The van der Waals surface area contributed by atoms with Crippen molar-refractivity contribution in [3.8, 4) is 0 Å². The highest BCUT2D eigenvalue weighted by atomic mass is 32.2. The summed E-state index contributed by atoms with van der Waals surface area (Å²) in [6.45, 7) is 5.29. The number of rotatable bonds is 9. The van der Waals surface area contributed by atoms with Gasteiger partial charge in [0.15, 0.2) is 5.16 Å². The first-order chi connectivity index (χ1) is 13.4. The minimum atomic E-state index is -0.447. The summed E-state index contributed by atoms with van der Waals surface area (Å²) in [5, 5.41) is 5.47. The summed E-state index contributed by atoms with van der Waals surface area (Å²) in [4.78, 5) is 42.4. The number of hydrogen-bond acceptors (Lipinski definition) is 6. The Morgan fingerprint density at radius 2 is 1.82 bits per heavy atom. The highest BCUT2D eigenvalue weighted by molar-refractivity contribution is 8.00. The number of aromatic amines is 1. The molecule has 150 valence electrons. The number of nitrogens with one attached hydrogen (secondary N) is 3. The summed E-state index contributed by atoms with van der Waals surface area (Å²) in [6.07, 6.45) is 1.07. The Bertz CT molecular complexity index is 868. The van der Waals surface area contributed by atoms with Crippen molar-refractivity contribution in [2.45, 2.75) is 43.4 Å². The van der Waals surface area contributed by atoms with Gasteiger partial charge in [0, 0.05) is 30.1 Å². The summed E-state index contributed by atoms with van der Waals surface area (Å²) < 4.78 is 0. The molecule has 3 N–H and O–H groups in total. The van der Waals surface area contributed by atoms with Crippen molar-refractivity contribution >= 4 is 46.7 Å². The molecule has 0 aliphatic heterocycles. The van der Waals surface area contributed by atoms with Crippen LogP contribution in [-0.2, 0) is 15.3 Å². The molecule has 1 aromatic carbocycles. The summed E-state index contributed by atoms with van der Waals surface area (Å²) in [5.41, 5.74) is 1.78. The number of aromatic nitrogens is 2. The Kier molecular flexibility index (Phi) is 8.59. The third-order valence-electron chi connectivity index (χ3n) is 3.50. The van der Waals surface area contributed by atoms with Gasteiger partial charge in [0.05, 0.1) is 10.9 Å². The lowest BCUT2D eigenvalue weighted by Gasteiger charge is -2.12. The predicted molar refractivity (Wildman–Crippen MR) is 116 cm³/mol. The number of thioether (sulfide) groups is 2. The smallest absolute Gasteiger partial charge is 0.251 e. The quantitative estimate of drug-likeness (QED) is 0.326. The van der Waals surface area contributed by atoms with E-state index in [0.29, 0.717) is 28.0 Å². The lowest BCUT2D eigenvalue weighted by atomic mass is 10.2. The van der Waals surface area contributed by atoms with Crippen molar-refractivity contribution in [2.75, 3.05) is 16.4 Å². The van der Waals surface area contributed by atoms with Gasteiger partial charge in [-0.05, 0) is 43.4 Å². The van der Waals surface area contributed by atoms with Gasteiger partial charge in [-0.1, -0.05) is 18.7 Å². The molecule has 0 radical (unpaired) electrons. The van der Waals surface area contributed by atoms with Gasteiger partial charge in [0.1, 0.15) is 0 Å². The fraction of sp³-hybridized carbons (Fsp3) is 0.368. The third kappa shape index (κ3) is 7.40. The normalized spacial score (nSPS) is 11.7. The van der Waals surface area contributed by atoms with Gasteiger partial charge in [-0.25, -0.2) is 4.98 Å². The van der Waals surface area contributed by atoms with Gasteiger partial charge >= 0.3 is 0 Å². The molecule has 0 spiro atoms. The zero-order valence-electron chi connectivity index (χ0n) is 16.1. The maximum atomic E-state index is 12.4. The first-order valence-electron chi connectivity index (χ1n) is 8.90. The van der Waals surface area contributed by atoms with E-state index >= 15 is 0 Å². The average molecular weight is 421 g/mol. The Hall–Kier alpha value is -2.26. The minimum absolute atomic E-state index is 0.154. The van der Waals surface area contributed by atoms with Crippen molar-refractivity contribution in [3.63, 3.8) is 0 Å². The molecule has 0 fully saturated rings. The molecule has 28 heavy (non-hydrogen) atoms. The molecule has 9 heteroatoms. The van der Waals surface area contributed by atoms with Crippen LogP contribution < -0.4 is 16.2 Å². The predicted octanol–water partition coefficient (Wildman–Crippen LogP) is 3.49. The van der Waals surface area contributed by atoms with E-state index in [9.17, 15) is 14.4 Å². The van der Waals surface area contributed by atoms with Crippen LogP contribution >= 0.6 is 23.5 Å². The maximum Gasteiger partial charge on any atom is 0.251 e. The van der Waals surface area contributed by atoms with Crippen molar-refractivity contribution in [3.05, 3.63) is 46.4 Å². The number of hydrogen-bond donors (Lipinski definition) is 3. The Balaban J connectivity index is 1.96. The van der Waals surface area contributed by atoms with Crippen molar-refractivity contribution in [1.29, 1.82) is 0 Å². The molecule has 2 aromatic rings. The number of anilines is 2. The van der Waals surface area contributed by atoms with Crippen LogP contribution in [0.1, 0.15) is 32.9 Å². The Labute approximate surface area is 172 Å². The van der Waals surface area contributed by atoms with Crippen molar-refractivity contribution in [1.82, 2.24) is 9.97 Å². The Morgan fingerprint density at radius 3 is 2.43 bits per heavy atom. The largest absolute Gasteiger partial charge is 0.326 e. The minimum Gasteiger partial charge on any atom is -0.326 e. The van der Waals surface area contributed by atoms with E-state index in [4.69, 9.17) is 0 Å². The lowest BCUT2D eigenvalue weighted by molar-refractivity contribution is -0.115. The molecular weight excluding hydrogens is 396 g/mol. The van der Waals surface area contributed by atoms with Gasteiger partial charge in [-0.15, -0.1) is 0 Å². The Morgan fingerprint density at radius 1 is 1.18 bits per heavy atom. The average Bonchev–Trinajstić information content (AvgIpc) is 2.62. The van der Waals surface area contributed by atoms with E-state index in [2.05, 4.69) is 27.5 Å². The van der Waals surface area contributed by atoms with Gasteiger partial charge in [0.2, 0.25) is 11.8 Å². The van der Waals surface area contributed by atoms with Crippen LogP contribution in [0.25, 0.3) is 0 Å². The lowest BCUT2D eigenvalue weighted by Crippen LogP contribution is -2.23. The monoisotopic (exact) mass is 420 g/mol. The number of benzene rings is 1. The molecule has 1 aromatic heterocycles. The molecule has 0 saturated carbocycles. The van der Waals surface area contributed by atoms with E-state index in [1.165, 1.54) is 24.8 Å². The van der Waals surface area contributed by atoms with E-state index in [-0.39, 0.29) is 17.4 Å². The van der Waals surface area contributed by atoms with Crippen LogP contribution in [0.15, 0.2) is 40.3 Å². The van der Waals surface area contributed by atoms with E-state index in [1.54, 1.807) is 43.0 Å². The number of H-pyrrole nitrogens is 1. The highest BCUT2D eigenvalue weighted by Gasteiger charge is 2.16. The topological polar surface area (TPSA) is 104 Å². The molecule has 0 saturated heterocycles. The maximum absolute atomic E-state index is 12.4. The molecule has 0 bridgehead atoms. The fourth-order valence-electron chi connectivity index (χ4n) is 2.24. The molecule has 2 rings (SSSR count). The van der Waals surface area contributed by atoms with Gasteiger partial charge < -0.3 is 15.6 Å². The summed E-state index contributed by atoms with van der Waals surface area (Å²) in [6, 6.07) is 8.35. The number of carbonyl (C=O) groups excluding carboxylic acids is 2. The molecule has 7 nitrogen and oxygen atoms in total. The van der Waals surface area contributed by atoms with E-state index in [1.807, 2.05) is 0 Å². The number of carbonyl (C=O) groups is 2. The van der Waals surface area contributed by atoms with Crippen LogP contribution in [0.5, 0.6) is 0 Å². The van der Waals surface area contributed by atoms with Crippen LogP contribution in [-0.4, -0.2) is 32.8 Å². The second-order valence-corrected chi connectivity index (χ2v) is 8.54. The standard InChI is InChI=1S/C19H24N4O3S2/c1-4-9-27-11-16-10-17(25)23-19(22-16)28-12(2)18(26)21-15-7-5-14(6-8-15)20-13(3)24/h5-8,10,12H,4,9,11H2,1-3H3,(H,20,24)(H,21,26)(H,22,23,25). The first kappa shape index (κ1) is 22.0. The first-order valence-corrected chi connectivity index (χ1v) is 10.9.